The lowest BCUT2D eigenvalue weighted by Gasteiger charge is -2.09. The smallest absolute Gasteiger partial charge is 0.312 e. The van der Waals surface area contributed by atoms with E-state index in [1.807, 2.05) is 0 Å². The molecule has 0 amide bonds. The zero-order valence-electron chi connectivity index (χ0n) is 10.8. The molecule has 1 atom stereocenters. The van der Waals surface area contributed by atoms with Gasteiger partial charge in [-0.3, -0.25) is 4.79 Å². The van der Waals surface area contributed by atoms with Crippen molar-refractivity contribution >= 4 is 5.97 Å². The Labute approximate surface area is 100 Å². The van der Waals surface area contributed by atoms with Crippen molar-refractivity contribution in [3.05, 3.63) is 12.7 Å². The largest absolute Gasteiger partial charge is 0.469 e. The van der Waals surface area contributed by atoms with Gasteiger partial charge in [0.2, 0.25) is 0 Å². The van der Waals surface area contributed by atoms with Gasteiger partial charge in [0.1, 0.15) is 0 Å². The van der Waals surface area contributed by atoms with Gasteiger partial charge < -0.3 is 4.74 Å². The maximum atomic E-state index is 11.3. The average molecular weight is 226 g/mol. The number of hydrogen-bond donors (Lipinski definition) is 0. The Morgan fingerprint density at radius 1 is 1.19 bits per heavy atom. The number of hydrogen-bond acceptors (Lipinski definition) is 2. The van der Waals surface area contributed by atoms with Crippen LogP contribution in [0.15, 0.2) is 12.7 Å². The zero-order chi connectivity index (χ0) is 12.2. The fourth-order valence-corrected chi connectivity index (χ4v) is 1.80. The van der Waals surface area contributed by atoms with E-state index in [0.717, 1.165) is 12.8 Å². The Morgan fingerprint density at radius 3 is 2.25 bits per heavy atom. The van der Waals surface area contributed by atoms with Crippen LogP contribution in [0.2, 0.25) is 0 Å². The first-order chi connectivity index (χ1) is 7.76. The van der Waals surface area contributed by atoms with Crippen LogP contribution in [0.3, 0.4) is 0 Å². The molecule has 0 saturated heterocycles. The summed E-state index contributed by atoms with van der Waals surface area (Å²) in [6.07, 6.45) is 11.5. The fourth-order valence-electron chi connectivity index (χ4n) is 1.80. The van der Waals surface area contributed by atoms with Gasteiger partial charge in [0, 0.05) is 0 Å². The summed E-state index contributed by atoms with van der Waals surface area (Å²) in [5, 5.41) is 0. The second kappa shape index (κ2) is 10.7. The SMILES string of the molecule is C=CC(CCCCCCCCC)C(=O)OC. The molecule has 0 radical (unpaired) electrons. The molecule has 0 spiro atoms. The van der Waals surface area contributed by atoms with E-state index in [9.17, 15) is 4.79 Å². The molecule has 0 bridgehead atoms. The van der Waals surface area contributed by atoms with E-state index in [0.29, 0.717) is 0 Å². The summed E-state index contributed by atoms with van der Waals surface area (Å²) < 4.78 is 4.70. The third-order valence-corrected chi connectivity index (χ3v) is 2.91. The number of esters is 1. The van der Waals surface area contributed by atoms with Gasteiger partial charge in [-0.25, -0.2) is 0 Å². The van der Waals surface area contributed by atoms with Crippen LogP contribution in [0.25, 0.3) is 0 Å². The van der Waals surface area contributed by atoms with Crippen LogP contribution < -0.4 is 0 Å². The van der Waals surface area contributed by atoms with E-state index in [1.165, 1.54) is 45.6 Å². The van der Waals surface area contributed by atoms with Crippen molar-refractivity contribution < 1.29 is 9.53 Å². The lowest BCUT2D eigenvalue weighted by molar-refractivity contribution is -0.143. The molecule has 2 heteroatoms. The minimum atomic E-state index is -0.152. The molecular formula is C14H26O2. The molecule has 0 aromatic carbocycles. The normalized spacial score (nSPS) is 12.1. The Bertz CT molecular complexity index is 187. The predicted octanol–water partition coefficient (Wildman–Crippen LogP) is 4.10. The standard InChI is InChI=1S/C14H26O2/c1-4-6-7-8-9-10-11-12-13(5-2)14(15)16-3/h5,13H,2,4,6-12H2,1,3H3. The van der Waals surface area contributed by atoms with E-state index in [2.05, 4.69) is 13.5 Å². The lowest BCUT2D eigenvalue weighted by Crippen LogP contribution is -2.13. The minimum Gasteiger partial charge on any atom is -0.469 e. The summed E-state index contributed by atoms with van der Waals surface area (Å²) >= 11 is 0. The summed E-state index contributed by atoms with van der Waals surface area (Å²) in [6.45, 7) is 5.90. The first-order valence-electron chi connectivity index (χ1n) is 6.46. The number of carbonyl (C=O) groups is 1. The Balaban J connectivity index is 3.41. The first kappa shape index (κ1) is 15.2. The monoisotopic (exact) mass is 226 g/mol. The highest BCUT2D eigenvalue weighted by Gasteiger charge is 2.13. The highest BCUT2D eigenvalue weighted by atomic mass is 16.5. The van der Waals surface area contributed by atoms with E-state index in [1.54, 1.807) is 6.08 Å². The van der Waals surface area contributed by atoms with Crippen LogP contribution in [-0.4, -0.2) is 13.1 Å². The molecule has 0 N–H and O–H groups in total. The van der Waals surface area contributed by atoms with Gasteiger partial charge in [0.25, 0.3) is 0 Å². The van der Waals surface area contributed by atoms with Crippen molar-refractivity contribution in [1.82, 2.24) is 0 Å². The maximum Gasteiger partial charge on any atom is 0.312 e. The van der Waals surface area contributed by atoms with Crippen LogP contribution in [-0.2, 0) is 9.53 Å². The highest BCUT2D eigenvalue weighted by Crippen LogP contribution is 2.14. The summed E-state index contributed by atoms with van der Waals surface area (Å²) in [5.74, 6) is -0.262. The Kier molecular flexibility index (Phi) is 10.2. The summed E-state index contributed by atoms with van der Waals surface area (Å²) in [5.41, 5.74) is 0. The molecule has 94 valence electrons. The molecule has 1 unspecified atom stereocenters. The molecule has 0 rings (SSSR count). The topological polar surface area (TPSA) is 26.3 Å². The number of rotatable bonds is 10. The van der Waals surface area contributed by atoms with Crippen molar-refractivity contribution in [3.8, 4) is 0 Å². The third-order valence-electron chi connectivity index (χ3n) is 2.91. The lowest BCUT2D eigenvalue weighted by atomic mass is 10.0. The Morgan fingerprint density at radius 2 is 1.75 bits per heavy atom. The predicted molar refractivity (Wildman–Crippen MR) is 68.3 cm³/mol. The molecule has 0 fully saturated rings. The van der Waals surface area contributed by atoms with Gasteiger partial charge in [-0.2, -0.15) is 0 Å². The molecule has 0 saturated carbocycles. The van der Waals surface area contributed by atoms with E-state index in [4.69, 9.17) is 4.74 Å². The minimum absolute atomic E-state index is 0.111. The average Bonchev–Trinajstić information content (AvgIpc) is 2.32. The summed E-state index contributed by atoms with van der Waals surface area (Å²) in [7, 11) is 1.43. The molecule has 0 aromatic heterocycles. The highest BCUT2D eigenvalue weighted by molar-refractivity contribution is 5.74. The van der Waals surface area contributed by atoms with Crippen LogP contribution in [0.4, 0.5) is 0 Å². The quantitative estimate of drug-likeness (QED) is 0.318. The van der Waals surface area contributed by atoms with Gasteiger partial charge in [-0.1, -0.05) is 57.9 Å². The third kappa shape index (κ3) is 7.49. The number of carbonyl (C=O) groups excluding carboxylic acids is 1. The number of methoxy groups -OCH3 is 1. The summed E-state index contributed by atoms with van der Waals surface area (Å²) in [4.78, 5) is 11.3. The second-order valence-corrected chi connectivity index (χ2v) is 4.28. The maximum absolute atomic E-state index is 11.3. The Hall–Kier alpha value is -0.790. The van der Waals surface area contributed by atoms with Crippen LogP contribution in [0.5, 0.6) is 0 Å². The van der Waals surface area contributed by atoms with Crippen LogP contribution in [0, 0.1) is 5.92 Å². The van der Waals surface area contributed by atoms with E-state index < -0.39 is 0 Å². The van der Waals surface area contributed by atoms with Crippen LogP contribution >= 0.6 is 0 Å². The van der Waals surface area contributed by atoms with Gasteiger partial charge in [0.15, 0.2) is 0 Å². The molecule has 0 heterocycles. The van der Waals surface area contributed by atoms with Crippen molar-refractivity contribution in [1.29, 1.82) is 0 Å². The number of ether oxygens (including phenoxy) is 1. The molecule has 0 aliphatic rings. The molecule has 0 aliphatic heterocycles. The van der Waals surface area contributed by atoms with Crippen LogP contribution in [0.1, 0.15) is 58.3 Å². The van der Waals surface area contributed by atoms with Crippen molar-refractivity contribution in [2.24, 2.45) is 5.92 Å². The van der Waals surface area contributed by atoms with Crippen molar-refractivity contribution in [3.63, 3.8) is 0 Å². The zero-order valence-corrected chi connectivity index (χ0v) is 10.8. The second-order valence-electron chi connectivity index (χ2n) is 4.28. The fraction of sp³-hybridized carbons (Fsp3) is 0.786. The van der Waals surface area contributed by atoms with Gasteiger partial charge in [-0.05, 0) is 6.42 Å². The van der Waals surface area contributed by atoms with Gasteiger partial charge in [0.05, 0.1) is 13.0 Å². The molecule has 0 aliphatic carbocycles. The van der Waals surface area contributed by atoms with Gasteiger partial charge >= 0.3 is 5.97 Å². The van der Waals surface area contributed by atoms with Crippen molar-refractivity contribution in [2.45, 2.75) is 58.3 Å². The van der Waals surface area contributed by atoms with Crippen molar-refractivity contribution in [2.75, 3.05) is 7.11 Å². The van der Waals surface area contributed by atoms with E-state index >= 15 is 0 Å². The molecule has 0 aromatic rings. The first-order valence-corrected chi connectivity index (χ1v) is 6.46. The molecular weight excluding hydrogens is 200 g/mol. The molecule has 16 heavy (non-hydrogen) atoms. The van der Waals surface area contributed by atoms with E-state index in [-0.39, 0.29) is 11.9 Å². The van der Waals surface area contributed by atoms with Gasteiger partial charge in [-0.15, -0.1) is 6.58 Å². The summed E-state index contributed by atoms with van der Waals surface area (Å²) in [6, 6.07) is 0. The molecule has 2 nitrogen and oxygen atoms in total. The number of unbranched alkanes of at least 4 members (excludes halogenated alkanes) is 6.